The van der Waals surface area contributed by atoms with E-state index in [-0.39, 0.29) is 0 Å². The third-order valence-electron chi connectivity index (χ3n) is 5.33. The molecule has 0 heterocycles. The molecule has 0 aliphatic carbocycles. The maximum Gasteiger partial charge on any atom is 0.0346 e. The second-order valence-corrected chi connectivity index (χ2v) is 7.78. The molecule has 0 aliphatic rings. The van der Waals surface area contributed by atoms with Crippen molar-refractivity contribution in [1.29, 1.82) is 0 Å². The molecule has 0 radical (unpaired) electrons. The van der Waals surface area contributed by atoms with Gasteiger partial charge in [-0.1, -0.05) is 103 Å². The lowest BCUT2D eigenvalue weighted by atomic mass is 9.98. The van der Waals surface area contributed by atoms with E-state index < -0.39 is 0 Å². The standard InChI is InChI=1S/C24H43N/c1-3-5-7-9-11-13-15-17-22-19-20-24(25)23(21-22)18-16-14-12-10-8-6-4-2/h19-21H,3-18,25H2,1-2H3. The lowest BCUT2D eigenvalue weighted by molar-refractivity contribution is 0.587. The summed E-state index contributed by atoms with van der Waals surface area (Å²) in [7, 11) is 0. The highest BCUT2D eigenvalue weighted by Gasteiger charge is 2.02. The fraction of sp³-hybridized carbons (Fsp3) is 0.750. The zero-order chi connectivity index (χ0) is 18.2. The summed E-state index contributed by atoms with van der Waals surface area (Å²) in [5.41, 5.74) is 10.1. The van der Waals surface area contributed by atoms with Gasteiger partial charge in [-0.05, 0) is 42.9 Å². The topological polar surface area (TPSA) is 26.0 Å². The average Bonchev–Trinajstić information content (AvgIpc) is 2.62. The molecule has 0 fully saturated rings. The van der Waals surface area contributed by atoms with Gasteiger partial charge in [0.15, 0.2) is 0 Å². The van der Waals surface area contributed by atoms with Crippen LogP contribution in [0.25, 0.3) is 0 Å². The Balaban J connectivity index is 2.19. The summed E-state index contributed by atoms with van der Waals surface area (Å²) in [6, 6.07) is 6.75. The lowest BCUT2D eigenvalue weighted by Gasteiger charge is -2.09. The molecular weight excluding hydrogens is 302 g/mol. The molecule has 1 heteroatoms. The summed E-state index contributed by atoms with van der Waals surface area (Å²) in [6.45, 7) is 4.56. The van der Waals surface area contributed by atoms with Crippen molar-refractivity contribution in [2.24, 2.45) is 0 Å². The molecule has 0 bridgehead atoms. The van der Waals surface area contributed by atoms with Crippen LogP contribution in [-0.4, -0.2) is 0 Å². The van der Waals surface area contributed by atoms with Gasteiger partial charge in [-0.25, -0.2) is 0 Å². The highest BCUT2D eigenvalue weighted by molar-refractivity contribution is 5.48. The number of rotatable bonds is 16. The molecular formula is C24H43N. The summed E-state index contributed by atoms with van der Waals surface area (Å²) in [5, 5.41) is 0. The van der Waals surface area contributed by atoms with Gasteiger partial charge in [-0.3, -0.25) is 0 Å². The van der Waals surface area contributed by atoms with E-state index in [9.17, 15) is 0 Å². The van der Waals surface area contributed by atoms with Crippen molar-refractivity contribution in [3.63, 3.8) is 0 Å². The van der Waals surface area contributed by atoms with Crippen LogP contribution in [0, 0.1) is 0 Å². The second kappa shape index (κ2) is 15.3. The van der Waals surface area contributed by atoms with Crippen molar-refractivity contribution in [1.82, 2.24) is 0 Å². The molecule has 0 saturated carbocycles. The molecule has 0 atom stereocenters. The van der Waals surface area contributed by atoms with E-state index in [2.05, 4.69) is 32.0 Å². The van der Waals surface area contributed by atoms with Crippen LogP contribution in [0.15, 0.2) is 18.2 Å². The molecule has 144 valence electrons. The van der Waals surface area contributed by atoms with Crippen molar-refractivity contribution in [3.8, 4) is 0 Å². The Morgan fingerprint density at radius 1 is 0.600 bits per heavy atom. The molecule has 0 spiro atoms. The number of unbranched alkanes of at least 4 members (excludes halogenated alkanes) is 12. The van der Waals surface area contributed by atoms with Gasteiger partial charge in [0.25, 0.3) is 0 Å². The normalized spacial score (nSPS) is 11.1. The minimum absolute atomic E-state index is 0.995. The van der Waals surface area contributed by atoms with Gasteiger partial charge in [0, 0.05) is 5.69 Å². The smallest absolute Gasteiger partial charge is 0.0346 e. The third kappa shape index (κ3) is 11.3. The first-order valence-electron chi connectivity index (χ1n) is 11.1. The van der Waals surface area contributed by atoms with Crippen molar-refractivity contribution >= 4 is 5.69 Å². The fourth-order valence-corrected chi connectivity index (χ4v) is 3.59. The van der Waals surface area contributed by atoms with Gasteiger partial charge < -0.3 is 5.73 Å². The summed E-state index contributed by atoms with van der Waals surface area (Å²) >= 11 is 0. The minimum Gasteiger partial charge on any atom is -0.399 e. The maximum atomic E-state index is 6.19. The molecule has 1 aromatic carbocycles. The van der Waals surface area contributed by atoms with E-state index in [1.54, 1.807) is 0 Å². The van der Waals surface area contributed by atoms with Crippen molar-refractivity contribution in [3.05, 3.63) is 29.3 Å². The van der Waals surface area contributed by atoms with Crippen LogP contribution in [0.1, 0.15) is 115 Å². The van der Waals surface area contributed by atoms with E-state index in [1.165, 1.54) is 107 Å². The quantitative estimate of drug-likeness (QED) is 0.239. The Hall–Kier alpha value is -0.980. The van der Waals surface area contributed by atoms with E-state index >= 15 is 0 Å². The maximum absolute atomic E-state index is 6.19. The summed E-state index contributed by atoms with van der Waals surface area (Å²) < 4.78 is 0. The van der Waals surface area contributed by atoms with Gasteiger partial charge in [-0.15, -0.1) is 0 Å². The number of aryl methyl sites for hydroxylation is 2. The van der Waals surface area contributed by atoms with E-state index in [0.717, 1.165) is 12.1 Å². The fourth-order valence-electron chi connectivity index (χ4n) is 3.59. The summed E-state index contributed by atoms with van der Waals surface area (Å²) in [5.74, 6) is 0. The van der Waals surface area contributed by atoms with E-state index in [1.807, 2.05) is 0 Å². The number of benzene rings is 1. The molecule has 25 heavy (non-hydrogen) atoms. The predicted molar refractivity (Wildman–Crippen MR) is 114 cm³/mol. The van der Waals surface area contributed by atoms with Gasteiger partial charge in [0.1, 0.15) is 0 Å². The molecule has 2 N–H and O–H groups in total. The Kier molecular flexibility index (Phi) is 13.5. The first-order valence-corrected chi connectivity index (χ1v) is 11.1. The summed E-state index contributed by atoms with van der Waals surface area (Å²) in [4.78, 5) is 0. The SMILES string of the molecule is CCCCCCCCCc1ccc(N)c(CCCCCCCCC)c1. The van der Waals surface area contributed by atoms with E-state index in [0.29, 0.717) is 0 Å². The van der Waals surface area contributed by atoms with Crippen LogP contribution in [0.2, 0.25) is 0 Å². The Labute approximate surface area is 157 Å². The highest BCUT2D eigenvalue weighted by Crippen LogP contribution is 2.20. The highest BCUT2D eigenvalue weighted by atomic mass is 14.6. The van der Waals surface area contributed by atoms with Crippen LogP contribution < -0.4 is 5.73 Å². The van der Waals surface area contributed by atoms with Crippen LogP contribution in [-0.2, 0) is 12.8 Å². The number of hydrogen-bond donors (Lipinski definition) is 1. The van der Waals surface area contributed by atoms with Gasteiger partial charge >= 0.3 is 0 Å². The zero-order valence-electron chi connectivity index (χ0n) is 17.1. The van der Waals surface area contributed by atoms with Crippen LogP contribution in [0.4, 0.5) is 5.69 Å². The molecule has 0 aliphatic heterocycles. The number of nitrogen functional groups attached to an aromatic ring is 1. The predicted octanol–water partition coefficient (Wildman–Crippen LogP) is 7.86. The minimum atomic E-state index is 0.995. The second-order valence-electron chi connectivity index (χ2n) is 7.78. The lowest BCUT2D eigenvalue weighted by Crippen LogP contribution is -1.97. The molecule has 0 saturated heterocycles. The van der Waals surface area contributed by atoms with Gasteiger partial charge in [-0.2, -0.15) is 0 Å². The van der Waals surface area contributed by atoms with E-state index in [4.69, 9.17) is 5.73 Å². The van der Waals surface area contributed by atoms with Crippen molar-refractivity contribution < 1.29 is 0 Å². The zero-order valence-corrected chi connectivity index (χ0v) is 17.1. The van der Waals surface area contributed by atoms with Gasteiger partial charge in [0.2, 0.25) is 0 Å². The van der Waals surface area contributed by atoms with Crippen molar-refractivity contribution in [2.45, 2.75) is 117 Å². The number of anilines is 1. The third-order valence-corrected chi connectivity index (χ3v) is 5.33. The summed E-state index contributed by atoms with van der Waals surface area (Å²) in [6.07, 6.45) is 21.6. The molecule has 1 nitrogen and oxygen atoms in total. The first-order chi connectivity index (χ1) is 12.3. The molecule has 1 rings (SSSR count). The Morgan fingerprint density at radius 3 is 1.64 bits per heavy atom. The molecule has 0 aromatic heterocycles. The van der Waals surface area contributed by atoms with Crippen LogP contribution in [0.3, 0.4) is 0 Å². The molecule has 1 aromatic rings. The largest absolute Gasteiger partial charge is 0.399 e. The Morgan fingerprint density at radius 2 is 1.08 bits per heavy atom. The average molecular weight is 346 g/mol. The number of hydrogen-bond acceptors (Lipinski definition) is 1. The van der Waals surface area contributed by atoms with Crippen LogP contribution in [0.5, 0.6) is 0 Å². The monoisotopic (exact) mass is 345 g/mol. The van der Waals surface area contributed by atoms with Gasteiger partial charge in [0.05, 0.1) is 0 Å². The Bertz CT molecular complexity index is 424. The van der Waals surface area contributed by atoms with Crippen LogP contribution >= 0.6 is 0 Å². The van der Waals surface area contributed by atoms with Crippen molar-refractivity contribution in [2.75, 3.05) is 5.73 Å². The number of nitrogens with two attached hydrogens (primary N) is 1. The first kappa shape index (κ1) is 22.1. The molecule has 0 unspecified atom stereocenters. The molecule has 0 amide bonds.